The van der Waals surface area contributed by atoms with Crippen molar-refractivity contribution in [1.29, 1.82) is 0 Å². The van der Waals surface area contributed by atoms with Crippen LogP contribution in [0, 0.1) is 11.9 Å². The number of hydrogen-bond acceptors (Lipinski definition) is 6. The Balaban J connectivity index is 1.47. The highest BCUT2D eigenvalue weighted by molar-refractivity contribution is 7.90. The zero-order valence-corrected chi connectivity index (χ0v) is 17.1. The lowest BCUT2D eigenvalue weighted by molar-refractivity contribution is 0.323. The topological polar surface area (TPSA) is 84.0 Å². The highest BCUT2D eigenvalue weighted by atomic mass is 32.2. The second-order valence-electron chi connectivity index (χ2n) is 7.19. The van der Waals surface area contributed by atoms with E-state index in [1.807, 2.05) is 5.38 Å². The highest BCUT2D eigenvalue weighted by Crippen LogP contribution is 2.27. The molecular formula is C18H25FN4O2S2. The van der Waals surface area contributed by atoms with Gasteiger partial charge in [-0.15, -0.1) is 11.3 Å². The summed E-state index contributed by atoms with van der Waals surface area (Å²) in [7, 11) is -3.20. The van der Waals surface area contributed by atoms with Gasteiger partial charge in [0.15, 0.2) is 5.13 Å². The van der Waals surface area contributed by atoms with Gasteiger partial charge >= 0.3 is 0 Å². The molecule has 9 heteroatoms. The van der Waals surface area contributed by atoms with E-state index >= 15 is 0 Å². The molecule has 148 valence electrons. The summed E-state index contributed by atoms with van der Waals surface area (Å²) in [5.74, 6) is -0.0238. The summed E-state index contributed by atoms with van der Waals surface area (Å²) in [6.45, 7) is 4.19. The second kappa shape index (κ2) is 8.62. The molecule has 2 heterocycles. The number of nitrogens with one attached hydrogen (secondary N) is 2. The average molecular weight is 413 g/mol. The minimum absolute atomic E-state index is 0.0409. The Labute approximate surface area is 163 Å². The van der Waals surface area contributed by atoms with Crippen LogP contribution in [0.15, 0.2) is 23.6 Å². The summed E-state index contributed by atoms with van der Waals surface area (Å²) < 4.78 is 40.0. The van der Waals surface area contributed by atoms with Crippen molar-refractivity contribution in [2.75, 3.05) is 11.9 Å². The van der Waals surface area contributed by atoms with Crippen LogP contribution in [0.25, 0.3) is 11.4 Å². The fraction of sp³-hybridized carbons (Fsp3) is 0.556. The summed E-state index contributed by atoms with van der Waals surface area (Å²) in [5, 5.41) is 5.60. The van der Waals surface area contributed by atoms with E-state index in [4.69, 9.17) is 0 Å². The number of pyridine rings is 1. The van der Waals surface area contributed by atoms with Crippen LogP contribution in [-0.2, 0) is 10.0 Å². The largest absolute Gasteiger partial charge is 0.361 e. The third-order valence-corrected chi connectivity index (χ3v) is 7.53. The third kappa shape index (κ3) is 5.46. The molecule has 27 heavy (non-hydrogen) atoms. The molecule has 2 N–H and O–H groups in total. The minimum atomic E-state index is -3.20. The van der Waals surface area contributed by atoms with Gasteiger partial charge in [-0.25, -0.2) is 23.1 Å². The average Bonchev–Trinajstić information content (AvgIpc) is 3.10. The van der Waals surface area contributed by atoms with Crippen LogP contribution < -0.4 is 10.0 Å². The molecule has 0 radical (unpaired) electrons. The summed E-state index contributed by atoms with van der Waals surface area (Å²) in [4.78, 5) is 8.33. The predicted molar refractivity (Wildman–Crippen MR) is 107 cm³/mol. The predicted octanol–water partition coefficient (Wildman–Crippen LogP) is 3.64. The number of nitrogens with zero attached hydrogens (tertiary/aromatic N) is 2. The number of rotatable bonds is 7. The fourth-order valence-electron chi connectivity index (χ4n) is 3.11. The fourth-order valence-corrected chi connectivity index (χ4v) is 4.79. The highest BCUT2D eigenvalue weighted by Gasteiger charge is 2.26. The first-order chi connectivity index (χ1) is 12.8. The van der Waals surface area contributed by atoms with Gasteiger partial charge in [0, 0.05) is 18.0 Å². The lowest BCUT2D eigenvalue weighted by Crippen LogP contribution is -2.41. The molecule has 1 saturated carbocycles. The first-order valence-electron chi connectivity index (χ1n) is 9.17. The van der Waals surface area contributed by atoms with Crippen LogP contribution in [0.2, 0.25) is 0 Å². The van der Waals surface area contributed by atoms with Gasteiger partial charge < -0.3 is 5.32 Å². The number of halogens is 1. The molecule has 0 amide bonds. The number of aromatic nitrogens is 2. The van der Waals surface area contributed by atoms with Gasteiger partial charge in [-0.05, 0) is 57.6 Å². The zero-order valence-electron chi connectivity index (χ0n) is 15.5. The number of sulfonamides is 1. The Morgan fingerprint density at radius 1 is 1.19 bits per heavy atom. The normalized spacial score (nSPS) is 20.7. The SMILES string of the molecule is CC(C)S(=O)(=O)NC1CCC(CNc2nc(-c3cccc(F)n3)cs2)CC1. The minimum Gasteiger partial charge on any atom is -0.361 e. The van der Waals surface area contributed by atoms with Crippen LogP contribution in [0.1, 0.15) is 39.5 Å². The molecule has 0 bridgehead atoms. The van der Waals surface area contributed by atoms with E-state index in [-0.39, 0.29) is 6.04 Å². The summed E-state index contributed by atoms with van der Waals surface area (Å²) in [6.07, 6.45) is 3.66. The molecule has 1 aliphatic carbocycles. The summed E-state index contributed by atoms with van der Waals surface area (Å²) in [6, 6.07) is 4.71. The molecule has 1 fully saturated rings. The van der Waals surface area contributed by atoms with Gasteiger partial charge in [0.05, 0.1) is 10.9 Å². The molecule has 3 rings (SSSR count). The van der Waals surface area contributed by atoms with Crippen molar-refractivity contribution in [3.8, 4) is 11.4 Å². The summed E-state index contributed by atoms with van der Waals surface area (Å²) >= 11 is 1.47. The molecular weight excluding hydrogens is 387 g/mol. The quantitative estimate of drug-likeness (QED) is 0.678. The van der Waals surface area contributed by atoms with Crippen LogP contribution in [-0.4, -0.2) is 36.2 Å². The molecule has 0 unspecified atom stereocenters. The van der Waals surface area contributed by atoms with Gasteiger partial charge in [0.25, 0.3) is 0 Å². The monoisotopic (exact) mass is 412 g/mol. The molecule has 0 aliphatic heterocycles. The standard InChI is InChI=1S/C18H25FN4O2S2/c1-12(2)27(24,25)23-14-8-6-13(7-9-14)10-20-18-22-16(11-26-18)15-4-3-5-17(19)21-15/h3-5,11-14,23H,6-10H2,1-2H3,(H,20,22). The van der Waals surface area contributed by atoms with Gasteiger partial charge in [0.1, 0.15) is 5.69 Å². The number of hydrogen-bond donors (Lipinski definition) is 2. The Kier molecular flexibility index (Phi) is 6.44. The van der Waals surface area contributed by atoms with Crippen molar-refractivity contribution < 1.29 is 12.8 Å². The Bertz CT molecular complexity index is 862. The van der Waals surface area contributed by atoms with Gasteiger partial charge in [-0.1, -0.05) is 6.07 Å². The zero-order chi connectivity index (χ0) is 19.4. The van der Waals surface area contributed by atoms with E-state index in [0.717, 1.165) is 37.4 Å². The summed E-state index contributed by atoms with van der Waals surface area (Å²) in [5.41, 5.74) is 1.19. The third-order valence-electron chi connectivity index (χ3n) is 4.82. The van der Waals surface area contributed by atoms with Crippen molar-refractivity contribution >= 4 is 26.5 Å². The molecule has 2 aromatic heterocycles. The van der Waals surface area contributed by atoms with E-state index in [2.05, 4.69) is 20.0 Å². The maximum Gasteiger partial charge on any atom is 0.214 e. The Morgan fingerprint density at radius 2 is 1.93 bits per heavy atom. The van der Waals surface area contributed by atoms with Crippen molar-refractivity contribution in [1.82, 2.24) is 14.7 Å². The van der Waals surface area contributed by atoms with Gasteiger partial charge in [0.2, 0.25) is 16.0 Å². The van der Waals surface area contributed by atoms with Gasteiger partial charge in [-0.2, -0.15) is 4.39 Å². The Morgan fingerprint density at radius 3 is 2.59 bits per heavy atom. The van der Waals surface area contributed by atoms with E-state index < -0.39 is 21.2 Å². The molecule has 1 aliphatic rings. The maximum atomic E-state index is 13.2. The van der Waals surface area contributed by atoms with Crippen LogP contribution >= 0.6 is 11.3 Å². The maximum absolute atomic E-state index is 13.2. The lowest BCUT2D eigenvalue weighted by atomic mass is 9.86. The first-order valence-corrected chi connectivity index (χ1v) is 11.6. The smallest absolute Gasteiger partial charge is 0.214 e. The number of thiazole rings is 1. The molecule has 2 aromatic rings. The lowest BCUT2D eigenvalue weighted by Gasteiger charge is -2.29. The first kappa shape index (κ1) is 20.2. The van der Waals surface area contributed by atoms with E-state index in [0.29, 0.717) is 17.3 Å². The molecule has 0 saturated heterocycles. The van der Waals surface area contributed by atoms with Crippen molar-refractivity contribution in [3.05, 3.63) is 29.5 Å². The van der Waals surface area contributed by atoms with Crippen LogP contribution in [0.5, 0.6) is 0 Å². The van der Waals surface area contributed by atoms with E-state index in [1.165, 1.54) is 17.4 Å². The van der Waals surface area contributed by atoms with Crippen LogP contribution in [0.4, 0.5) is 9.52 Å². The molecule has 0 atom stereocenters. The second-order valence-corrected chi connectivity index (χ2v) is 10.3. The van der Waals surface area contributed by atoms with E-state index in [9.17, 15) is 12.8 Å². The Hall–Kier alpha value is -1.58. The molecule has 6 nitrogen and oxygen atoms in total. The van der Waals surface area contributed by atoms with Crippen molar-refractivity contribution in [2.45, 2.75) is 50.8 Å². The van der Waals surface area contributed by atoms with Gasteiger partial charge in [-0.3, -0.25) is 0 Å². The number of anilines is 1. The van der Waals surface area contributed by atoms with E-state index in [1.54, 1.807) is 26.0 Å². The molecule has 0 spiro atoms. The van der Waals surface area contributed by atoms with Crippen molar-refractivity contribution in [3.63, 3.8) is 0 Å². The van der Waals surface area contributed by atoms with Crippen molar-refractivity contribution in [2.24, 2.45) is 5.92 Å². The molecule has 0 aromatic carbocycles. The van der Waals surface area contributed by atoms with Crippen LogP contribution in [0.3, 0.4) is 0 Å².